The summed E-state index contributed by atoms with van der Waals surface area (Å²) in [6, 6.07) is 0. The molecular weight excluding hydrogens is 192 g/mol. The predicted octanol–water partition coefficient (Wildman–Crippen LogP) is 1.63. The van der Waals surface area contributed by atoms with E-state index in [2.05, 4.69) is 0 Å². The summed E-state index contributed by atoms with van der Waals surface area (Å²) >= 11 is 0. The molecule has 0 aromatic carbocycles. The molecule has 1 spiro atoms. The molecule has 4 atom stereocenters. The molecule has 0 aromatic rings. The first-order valence-corrected chi connectivity index (χ1v) is 6.26. The molecule has 0 unspecified atom stereocenters. The van der Waals surface area contributed by atoms with E-state index in [9.17, 15) is 0 Å². The van der Waals surface area contributed by atoms with Gasteiger partial charge in [-0.1, -0.05) is 0 Å². The first-order valence-electron chi connectivity index (χ1n) is 6.26. The minimum absolute atomic E-state index is 0.0288. The molecular formula is C12H20O3. The van der Waals surface area contributed by atoms with Gasteiger partial charge in [-0.3, -0.25) is 0 Å². The monoisotopic (exact) mass is 212 g/mol. The van der Waals surface area contributed by atoms with Gasteiger partial charge in [0, 0.05) is 13.0 Å². The Morgan fingerprint density at radius 1 is 1.27 bits per heavy atom. The summed E-state index contributed by atoms with van der Waals surface area (Å²) in [5.41, 5.74) is 0.0288. The number of aliphatic hydroxyl groups is 1. The van der Waals surface area contributed by atoms with Crippen LogP contribution < -0.4 is 0 Å². The van der Waals surface area contributed by atoms with E-state index >= 15 is 0 Å². The molecule has 2 bridgehead atoms. The summed E-state index contributed by atoms with van der Waals surface area (Å²) in [6.45, 7) is 0.246. The molecule has 0 amide bonds. The van der Waals surface area contributed by atoms with Crippen LogP contribution in [-0.4, -0.2) is 35.6 Å². The maximum absolute atomic E-state index is 8.97. The number of aliphatic hydroxyl groups excluding tert-OH is 1. The van der Waals surface area contributed by atoms with Crippen LogP contribution in [0.15, 0.2) is 0 Å². The lowest BCUT2D eigenvalue weighted by Gasteiger charge is -2.42. The first kappa shape index (κ1) is 10.1. The molecule has 15 heavy (non-hydrogen) atoms. The van der Waals surface area contributed by atoms with Gasteiger partial charge in [-0.05, 0) is 38.5 Å². The highest BCUT2D eigenvalue weighted by Gasteiger charge is 2.54. The van der Waals surface area contributed by atoms with Crippen LogP contribution in [0.2, 0.25) is 0 Å². The Kier molecular flexibility index (Phi) is 2.49. The zero-order valence-electron chi connectivity index (χ0n) is 9.15. The van der Waals surface area contributed by atoms with Crippen molar-refractivity contribution in [3.05, 3.63) is 0 Å². The smallest absolute Gasteiger partial charge is 0.0971 e. The average Bonchev–Trinajstić information content (AvgIpc) is 2.48. The van der Waals surface area contributed by atoms with Crippen molar-refractivity contribution in [2.24, 2.45) is 0 Å². The molecule has 1 N–H and O–H groups in total. The van der Waals surface area contributed by atoms with Crippen molar-refractivity contribution in [3.63, 3.8) is 0 Å². The molecule has 3 heteroatoms. The Morgan fingerprint density at radius 2 is 2.20 bits per heavy atom. The molecule has 86 valence electrons. The zero-order chi connectivity index (χ0) is 10.3. The van der Waals surface area contributed by atoms with Gasteiger partial charge in [-0.25, -0.2) is 0 Å². The highest BCUT2D eigenvalue weighted by atomic mass is 16.6. The van der Waals surface area contributed by atoms with Crippen molar-refractivity contribution in [2.75, 3.05) is 6.61 Å². The molecule has 3 rings (SSSR count). The van der Waals surface area contributed by atoms with Crippen LogP contribution in [0.25, 0.3) is 0 Å². The third-order valence-corrected chi connectivity index (χ3v) is 4.25. The van der Waals surface area contributed by atoms with Crippen LogP contribution in [0.3, 0.4) is 0 Å². The summed E-state index contributed by atoms with van der Waals surface area (Å²) < 4.78 is 12.2. The predicted molar refractivity (Wildman–Crippen MR) is 55.7 cm³/mol. The summed E-state index contributed by atoms with van der Waals surface area (Å²) in [5.74, 6) is 0. The number of hydrogen-bond donors (Lipinski definition) is 1. The highest BCUT2D eigenvalue weighted by Crippen LogP contribution is 2.49. The number of rotatable bonds is 2. The van der Waals surface area contributed by atoms with Crippen molar-refractivity contribution >= 4 is 0 Å². The molecule has 2 heterocycles. The molecule has 3 fully saturated rings. The number of hydrogen-bond acceptors (Lipinski definition) is 3. The van der Waals surface area contributed by atoms with Crippen LogP contribution in [0, 0.1) is 0 Å². The van der Waals surface area contributed by atoms with Crippen molar-refractivity contribution in [1.29, 1.82) is 0 Å². The van der Waals surface area contributed by atoms with Gasteiger partial charge >= 0.3 is 0 Å². The Hall–Kier alpha value is -0.120. The lowest BCUT2D eigenvalue weighted by molar-refractivity contribution is -0.168. The van der Waals surface area contributed by atoms with Gasteiger partial charge < -0.3 is 14.6 Å². The van der Waals surface area contributed by atoms with E-state index in [0.717, 1.165) is 32.1 Å². The SMILES string of the molecule is OCC[C@H]1CC[C@@H]2O[C@H]3CCC[C@@]2(C3)O1. The van der Waals surface area contributed by atoms with Crippen LogP contribution in [0.5, 0.6) is 0 Å². The molecule has 0 radical (unpaired) electrons. The second-order valence-corrected chi connectivity index (χ2v) is 5.24. The second-order valence-electron chi connectivity index (χ2n) is 5.24. The van der Waals surface area contributed by atoms with Gasteiger partial charge in [0.25, 0.3) is 0 Å². The molecule has 3 nitrogen and oxygen atoms in total. The minimum atomic E-state index is 0.0288. The van der Waals surface area contributed by atoms with Crippen molar-refractivity contribution < 1.29 is 14.6 Å². The topological polar surface area (TPSA) is 38.7 Å². The molecule has 2 saturated heterocycles. The van der Waals surface area contributed by atoms with E-state index in [1.54, 1.807) is 0 Å². The molecule has 0 aromatic heterocycles. The Balaban J connectivity index is 1.74. The van der Waals surface area contributed by atoms with E-state index in [4.69, 9.17) is 14.6 Å². The van der Waals surface area contributed by atoms with E-state index < -0.39 is 0 Å². The van der Waals surface area contributed by atoms with Crippen LogP contribution >= 0.6 is 0 Å². The Morgan fingerprint density at radius 3 is 3.07 bits per heavy atom. The Labute approximate surface area is 90.8 Å². The molecule has 1 saturated carbocycles. The number of fused-ring (bicyclic) bond motifs is 1. The quantitative estimate of drug-likeness (QED) is 0.756. The number of ether oxygens (including phenoxy) is 2. The minimum Gasteiger partial charge on any atom is -0.396 e. The van der Waals surface area contributed by atoms with Crippen molar-refractivity contribution in [2.45, 2.75) is 68.9 Å². The maximum Gasteiger partial charge on any atom is 0.0971 e. The van der Waals surface area contributed by atoms with Crippen molar-refractivity contribution in [1.82, 2.24) is 0 Å². The second kappa shape index (κ2) is 3.72. The zero-order valence-corrected chi connectivity index (χ0v) is 9.15. The Bertz CT molecular complexity index is 243. The summed E-state index contributed by atoms with van der Waals surface area (Å²) in [7, 11) is 0. The van der Waals surface area contributed by atoms with Gasteiger partial charge in [0.05, 0.1) is 23.9 Å². The third kappa shape index (κ3) is 1.61. The van der Waals surface area contributed by atoms with E-state index in [1.807, 2.05) is 0 Å². The van der Waals surface area contributed by atoms with Gasteiger partial charge in [-0.2, -0.15) is 0 Å². The van der Waals surface area contributed by atoms with Gasteiger partial charge in [0.2, 0.25) is 0 Å². The van der Waals surface area contributed by atoms with Crippen LogP contribution in [0.4, 0.5) is 0 Å². The molecule has 1 aliphatic carbocycles. The van der Waals surface area contributed by atoms with E-state index in [1.165, 1.54) is 12.8 Å². The van der Waals surface area contributed by atoms with Gasteiger partial charge in [0.15, 0.2) is 0 Å². The normalized spacial score (nSPS) is 49.0. The maximum atomic E-state index is 8.97. The standard InChI is InChI=1S/C12H20O3/c13-7-5-9-3-4-11-12(15-9)6-1-2-10(8-12)14-11/h9-11,13H,1-8H2/t9-,10+,11+,12+/m1/s1. The van der Waals surface area contributed by atoms with E-state index in [0.29, 0.717) is 12.2 Å². The lowest BCUT2D eigenvalue weighted by Crippen LogP contribution is -2.49. The summed E-state index contributed by atoms with van der Waals surface area (Å²) in [6.07, 6.45) is 8.76. The largest absolute Gasteiger partial charge is 0.396 e. The molecule has 2 aliphatic heterocycles. The van der Waals surface area contributed by atoms with Gasteiger partial charge in [-0.15, -0.1) is 0 Å². The summed E-state index contributed by atoms with van der Waals surface area (Å²) in [5, 5.41) is 8.97. The first-order chi connectivity index (χ1) is 7.32. The average molecular weight is 212 g/mol. The fourth-order valence-corrected chi connectivity index (χ4v) is 3.57. The highest BCUT2D eigenvalue weighted by molar-refractivity contribution is 5.03. The van der Waals surface area contributed by atoms with Crippen molar-refractivity contribution in [3.8, 4) is 0 Å². The third-order valence-electron chi connectivity index (χ3n) is 4.25. The van der Waals surface area contributed by atoms with Gasteiger partial charge in [0.1, 0.15) is 0 Å². The summed E-state index contributed by atoms with van der Waals surface area (Å²) in [4.78, 5) is 0. The van der Waals surface area contributed by atoms with Crippen LogP contribution in [0.1, 0.15) is 44.9 Å². The van der Waals surface area contributed by atoms with Crippen LogP contribution in [-0.2, 0) is 9.47 Å². The molecule has 3 aliphatic rings. The fourth-order valence-electron chi connectivity index (χ4n) is 3.57. The lowest BCUT2D eigenvalue weighted by atomic mass is 9.78. The fraction of sp³-hybridized carbons (Fsp3) is 1.00. The van der Waals surface area contributed by atoms with E-state index in [-0.39, 0.29) is 18.3 Å².